The standard InChI is InChI=1S/C15H25ClN2O2S/c1-6-17-10-12-7-8-13(16)14(9-12)21(19,20)18(5)11-15(2,3)4/h7-9,17H,6,10-11H2,1-5H3. The van der Waals surface area contributed by atoms with Crippen molar-refractivity contribution in [1.82, 2.24) is 9.62 Å². The van der Waals surface area contributed by atoms with E-state index in [0.29, 0.717) is 13.1 Å². The van der Waals surface area contributed by atoms with Gasteiger partial charge in [0.25, 0.3) is 0 Å². The molecule has 0 saturated carbocycles. The number of benzene rings is 1. The molecule has 0 aliphatic rings. The molecule has 0 heterocycles. The summed E-state index contributed by atoms with van der Waals surface area (Å²) in [6, 6.07) is 5.14. The van der Waals surface area contributed by atoms with Crippen LogP contribution >= 0.6 is 11.6 Å². The molecule has 1 rings (SSSR count). The Morgan fingerprint density at radius 2 is 1.90 bits per heavy atom. The minimum Gasteiger partial charge on any atom is -0.313 e. The van der Waals surface area contributed by atoms with Gasteiger partial charge in [-0.3, -0.25) is 0 Å². The van der Waals surface area contributed by atoms with Crippen LogP contribution in [-0.4, -0.2) is 32.9 Å². The van der Waals surface area contributed by atoms with E-state index in [1.807, 2.05) is 33.8 Å². The normalized spacial score (nSPS) is 12.9. The SMILES string of the molecule is CCNCc1ccc(Cl)c(S(=O)(=O)N(C)CC(C)(C)C)c1. The fourth-order valence-electron chi connectivity index (χ4n) is 2.05. The van der Waals surface area contributed by atoms with Crippen molar-refractivity contribution in [2.24, 2.45) is 5.41 Å². The molecule has 1 N–H and O–H groups in total. The lowest BCUT2D eigenvalue weighted by Crippen LogP contribution is -2.34. The van der Waals surface area contributed by atoms with Gasteiger partial charge in [0.1, 0.15) is 4.90 Å². The Bertz CT molecular complexity index is 580. The number of halogens is 1. The van der Waals surface area contributed by atoms with E-state index in [1.54, 1.807) is 19.2 Å². The summed E-state index contributed by atoms with van der Waals surface area (Å²) in [5, 5.41) is 3.44. The van der Waals surface area contributed by atoms with E-state index in [-0.39, 0.29) is 15.3 Å². The molecule has 1 aromatic rings. The van der Waals surface area contributed by atoms with E-state index in [2.05, 4.69) is 5.32 Å². The first-order valence-corrected chi connectivity index (χ1v) is 8.85. The third kappa shape index (κ3) is 5.25. The summed E-state index contributed by atoms with van der Waals surface area (Å²) >= 11 is 6.10. The van der Waals surface area contributed by atoms with Crippen LogP contribution in [-0.2, 0) is 16.6 Å². The first-order chi connectivity index (χ1) is 9.58. The zero-order chi connectivity index (χ0) is 16.3. The van der Waals surface area contributed by atoms with E-state index < -0.39 is 10.0 Å². The molecule has 0 fully saturated rings. The molecular formula is C15H25ClN2O2S. The van der Waals surface area contributed by atoms with E-state index >= 15 is 0 Å². The first-order valence-electron chi connectivity index (χ1n) is 7.03. The molecule has 0 unspecified atom stereocenters. The number of hydrogen-bond donors (Lipinski definition) is 1. The average Bonchev–Trinajstić information content (AvgIpc) is 2.35. The van der Waals surface area contributed by atoms with Crippen molar-refractivity contribution in [3.8, 4) is 0 Å². The minimum absolute atomic E-state index is 0.115. The van der Waals surface area contributed by atoms with Gasteiger partial charge >= 0.3 is 0 Å². The third-order valence-electron chi connectivity index (χ3n) is 2.96. The van der Waals surface area contributed by atoms with Crippen LogP contribution in [0.2, 0.25) is 5.02 Å². The van der Waals surface area contributed by atoms with Gasteiger partial charge in [-0.15, -0.1) is 0 Å². The van der Waals surface area contributed by atoms with E-state index in [0.717, 1.165) is 12.1 Å². The van der Waals surface area contributed by atoms with Crippen molar-refractivity contribution in [2.75, 3.05) is 20.1 Å². The van der Waals surface area contributed by atoms with Crippen molar-refractivity contribution in [1.29, 1.82) is 0 Å². The van der Waals surface area contributed by atoms with Crippen LogP contribution in [0.25, 0.3) is 0 Å². The Hall–Kier alpha value is -0.620. The second-order valence-corrected chi connectivity index (χ2v) is 8.79. The van der Waals surface area contributed by atoms with Gasteiger partial charge in [0.05, 0.1) is 5.02 Å². The smallest absolute Gasteiger partial charge is 0.244 e. The first kappa shape index (κ1) is 18.4. The Kier molecular flexibility index (Phi) is 6.23. The quantitative estimate of drug-likeness (QED) is 0.870. The van der Waals surface area contributed by atoms with Crippen molar-refractivity contribution in [2.45, 2.75) is 39.1 Å². The van der Waals surface area contributed by atoms with Crippen LogP contribution in [0, 0.1) is 5.41 Å². The topological polar surface area (TPSA) is 49.4 Å². The highest BCUT2D eigenvalue weighted by molar-refractivity contribution is 7.89. The van der Waals surface area contributed by atoms with Crippen molar-refractivity contribution in [3.63, 3.8) is 0 Å². The third-order valence-corrected chi connectivity index (χ3v) is 5.24. The average molecular weight is 333 g/mol. The van der Waals surface area contributed by atoms with Gasteiger partial charge < -0.3 is 5.32 Å². The Morgan fingerprint density at radius 3 is 2.43 bits per heavy atom. The molecule has 4 nitrogen and oxygen atoms in total. The van der Waals surface area contributed by atoms with Crippen molar-refractivity contribution < 1.29 is 8.42 Å². The Labute approximate surface area is 133 Å². The number of hydrogen-bond acceptors (Lipinski definition) is 3. The van der Waals surface area contributed by atoms with Gasteiger partial charge in [0, 0.05) is 20.1 Å². The largest absolute Gasteiger partial charge is 0.313 e. The Morgan fingerprint density at radius 1 is 1.29 bits per heavy atom. The second-order valence-electron chi connectivity index (χ2n) is 6.37. The van der Waals surface area contributed by atoms with Gasteiger partial charge in [0.15, 0.2) is 0 Å². The zero-order valence-corrected chi connectivity index (χ0v) is 15.0. The van der Waals surface area contributed by atoms with Crippen LogP contribution < -0.4 is 5.32 Å². The Balaban J connectivity index is 3.12. The second kappa shape index (κ2) is 7.09. The van der Waals surface area contributed by atoms with Crippen LogP contribution in [0.3, 0.4) is 0 Å². The highest BCUT2D eigenvalue weighted by Gasteiger charge is 2.27. The van der Waals surface area contributed by atoms with Gasteiger partial charge in [0.2, 0.25) is 10.0 Å². The lowest BCUT2D eigenvalue weighted by atomic mass is 9.97. The molecule has 0 atom stereocenters. The maximum atomic E-state index is 12.7. The molecule has 6 heteroatoms. The van der Waals surface area contributed by atoms with Crippen LogP contribution in [0.4, 0.5) is 0 Å². The molecule has 0 amide bonds. The number of nitrogens with zero attached hydrogens (tertiary/aromatic N) is 1. The van der Waals surface area contributed by atoms with Gasteiger partial charge in [-0.05, 0) is 29.7 Å². The number of nitrogens with one attached hydrogen (secondary N) is 1. The maximum absolute atomic E-state index is 12.7. The minimum atomic E-state index is -3.58. The predicted molar refractivity (Wildman–Crippen MR) is 88.1 cm³/mol. The summed E-state index contributed by atoms with van der Waals surface area (Å²) in [6.07, 6.45) is 0. The van der Waals surface area contributed by atoms with Gasteiger partial charge in [-0.1, -0.05) is 45.4 Å². The summed E-state index contributed by atoms with van der Waals surface area (Å²) in [6.45, 7) is 9.90. The fourth-order valence-corrected chi connectivity index (χ4v) is 3.96. The molecule has 1 aromatic carbocycles. The molecule has 0 bridgehead atoms. The fraction of sp³-hybridized carbons (Fsp3) is 0.600. The predicted octanol–water partition coefficient (Wildman–Crippen LogP) is 3.12. The molecule has 120 valence electrons. The molecular weight excluding hydrogens is 308 g/mol. The molecule has 0 aliphatic carbocycles. The van der Waals surface area contributed by atoms with Gasteiger partial charge in [-0.2, -0.15) is 0 Å². The van der Waals surface area contributed by atoms with Crippen LogP contribution in [0.5, 0.6) is 0 Å². The maximum Gasteiger partial charge on any atom is 0.244 e. The summed E-state index contributed by atoms with van der Waals surface area (Å²) in [5.74, 6) is 0. The number of sulfonamides is 1. The molecule has 0 aromatic heterocycles. The van der Waals surface area contributed by atoms with Crippen LogP contribution in [0.15, 0.2) is 23.1 Å². The summed E-state index contributed by atoms with van der Waals surface area (Å²) in [4.78, 5) is 0.173. The molecule has 21 heavy (non-hydrogen) atoms. The molecule has 0 saturated heterocycles. The molecule has 0 radical (unpaired) electrons. The highest BCUT2D eigenvalue weighted by atomic mass is 35.5. The van der Waals surface area contributed by atoms with E-state index in [9.17, 15) is 8.42 Å². The van der Waals surface area contributed by atoms with E-state index in [1.165, 1.54) is 4.31 Å². The van der Waals surface area contributed by atoms with Crippen molar-refractivity contribution >= 4 is 21.6 Å². The summed E-state index contributed by atoms with van der Waals surface area (Å²) < 4.78 is 26.7. The lowest BCUT2D eigenvalue weighted by Gasteiger charge is -2.26. The zero-order valence-electron chi connectivity index (χ0n) is 13.4. The van der Waals surface area contributed by atoms with E-state index in [4.69, 9.17) is 11.6 Å². The van der Waals surface area contributed by atoms with Gasteiger partial charge in [-0.25, -0.2) is 12.7 Å². The molecule has 0 spiro atoms. The lowest BCUT2D eigenvalue weighted by molar-refractivity contribution is 0.311. The molecule has 0 aliphatic heterocycles. The summed E-state index contributed by atoms with van der Waals surface area (Å²) in [7, 11) is -1.99. The van der Waals surface area contributed by atoms with Crippen molar-refractivity contribution in [3.05, 3.63) is 28.8 Å². The summed E-state index contributed by atoms with van der Waals surface area (Å²) in [5.41, 5.74) is 0.791. The number of rotatable bonds is 6. The van der Waals surface area contributed by atoms with Crippen LogP contribution in [0.1, 0.15) is 33.3 Å². The highest BCUT2D eigenvalue weighted by Crippen LogP contribution is 2.27. The monoisotopic (exact) mass is 332 g/mol.